The first-order valence-corrected chi connectivity index (χ1v) is 7.66. The van der Waals surface area contributed by atoms with Crippen molar-refractivity contribution in [2.24, 2.45) is 5.41 Å². The second kappa shape index (κ2) is 5.20. The van der Waals surface area contributed by atoms with Gasteiger partial charge in [-0.25, -0.2) is 0 Å². The van der Waals surface area contributed by atoms with Crippen LogP contribution in [0.3, 0.4) is 0 Å². The molecule has 2 unspecified atom stereocenters. The highest BCUT2D eigenvalue weighted by molar-refractivity contribution is 9.10. The lowest BCUT2D eigenvalue weighted by molar-refractivity contribution is -0.0979. The second-order valence-electron chi connectivity index (χ2n) is 6.03. The van der Waals surface area contributed by atoms with Gasteiger partial charge in [0.15, 0.2) is 11.5 Å². The Bertz CT molecular complexity index is 518. The van der Waals surface area contributed by atoms with E-state index in [1.54, 1.807) is 7.11 Å². The van der Waals surface area contributed by atoms with Crippen LogP contribution in [0.1, 0.15) is 25.8 Å². The Hall–Kier alpha value is -0.780. The van der Waals surface area contributed by atoms with Crippen LogP contribution in [0.25, 0.3) is 0 Å². The Labute approximate surface area is 127 Å². The highest BCUT2D eigenvalue weighted by Crippen LogP contribution is 2.43. The van der Waals surface area contributed by atoms with E-state index >= 15 is 0 Å². The molecule has 20 heavy (non-hydrogen) atoms. The Morgan fingerprint density at radius 2 is 2.20 bits per heavy atom. The third kappa shape index (κ3) is 2.32. The highest BCUT2D eigenvalue weighted by Gasteiger charge is 2.48. The topological polar surface area (TPSA) is 39.7 Å². The molecule has 1 aromatic rings. The predicted molar refractivity (Wildman–Crippen MR) is 80.1 cm³/mol. The van der Waals surface area contributed by atoms with Crippen LogP contribution in [0.15, 0.2) is 16.6 Å². The van der Waals surface area contributed by atoms with Gasteiger partial charge in [-0.05, 0) is 40.0 Å². The number of nitrogens with one attached hydrogen (secondary N) is 1. The van der Waals surface area contributed by atoms with E-state index in [1.165, 1.54) is 5.56 Å². The third-order valence-corrected chi connectivity index (χ3v) is 5.09. The quantitative estimate of drug-likeness (QED) is 0.913. The molecule has 1 aromatic carbocycles. The largest absolute Gasteiger partial charge is 0.454 e. The maximum atomic E-state index is 5.48. The molecule has 1 fully saturated rings. The summed E-state index contributed by atoms with van der Waals surface area (Å²) >= 11 is 3.53. The number of benzene rings is 1. The molecule has 0 aromatic heterocycles. The Balaban J connectivity index is 1.64. The van der Waals surface area contributed by atoms with Crippen molar-refractivity contribution in [3.05, 3.63) is 22.2 Å². The number of rotatable bonds is 4. The van der Waals surface area contributed by atoms with Crippen molar-refractivity contribution in [3.63, 3.8) is 0 Å². The summed E-state index contributed by atoms with van der Waals surface area (Å²) in [5.41, 5.74) is 1.38. The van der Waals surface area contributed by atoms with Crippen molar-refractivity contribution in [2.45, 2.75) is 39.0 Å². The number of halogens is 1. The molecule has 0 saturated heterocycles. The standard InChI is InChI=1S/C15H20BrNO3/c1-15(2)12(6-13(15)18-3)17-7-9-4-10(16)14-11(5-9)19-8-20-14/h4-5,12-13,17H,6-8H2,1-3H3. The smallest absolute Gasteiger partial charge is 0.231 e. The summed E-state index contributed by atoms with van der Waals surface area (Å²) in [5, 5.41) is 3.61. The molecule has 0 spiro atoms. The molecule has 0 amide bonds. The van der Waals surface area contributed by atoms with E-state index in [1.807, 2.05) is 6.07 Å². The van der Waals surface area contributed by atoms with Gasteiger partial charge in [-0.15, -0.1) is 0 Å². The first kappa shape index (κ1) is 14.2. The van der Waals surface area contributed by atoms with E-state index in [2.05, 4.69) is 41.2 Å². The van der Waals surface area contributed by atoms with Gasteiger partial charge in [-0.1, -0.05) is 13.8 Å². The Kier molecular flexibility index (Phi) is 3.69. The van der Waals surface area contributed by atoms with E-state index < -0.39 is 0 Å². The second-order valence-corrected chi connectivity index (χ2v) is 6.88. The minimum Gasteiger partial charge on any atom is -0.454 e. The van der Waals surface area contributed by atoms with Crippen LogP contribution in [-0.4, -0.2) is 26.0 Å². The van der Waals surface area contributed by atoms with Crippen molar-refractivity contribution in [1.82, 2.24) is 5.32 Å². The first-order chi connectivity index (χ1) is 9.52. The fourth-order valence-corrected chi connectivity index (χ4v) is 3.60. The van der Waals surface area contributed by atoms with Crippen LogP contribution in [0.2, 0.25) is 0 Å². The van der Waals surface area contributed by atoms with Crippen LogP contribution >= 0.6 is 15.9 Å². The van der Waals surface area contributed by atoms with Gasteiger partial charge in [0.2, 0.25) is 6.79 Å². The normalized spacial score (nSPS) is 26.4. The van der Waals surface area contributed by atoms with Crippen LogP contribution in [0.5, 0.6) is 11.5 Å². The average Bonchev–Trinajstić information content (AvgIpc) is 2.86. The summed E-state index contributed by atoms with van der Waals surface area (Å²) < 4.78 is 17.3. The van der Waals surface area contributed by atoms with Crippen molar-refractivity contribution in [3.8, 4) is 11.5 Å². The van der Waals surface area contributed by atoms with Gasteiger partial charge in [0.25, 0.3) is 0 Å². The van der Waals surface area contributed by atoms with Crippen LogP contribution in [0, 0.1) is 5.41 Å². The minimum atomic E-state index is 0.183. The third-order valence-electron chi connectivity index (χ3n) is 4.50. The highest BCUT2D eigenvalue weighted by atomic mass is 79.9. The molecule has 1 N–H and O–H groups in total. The van der Waals surface area contributed by atoms with Crippen LogP contribution < -0.4 is 14.8 Å². The molecule has 0 radical (unpaired) electrons. The Morgan fingerprint density at radius 1 is 1.40 bits per heavy atom. The van der Waals surface area contributed by atoms with E-state index in [0.29, 0.717) is 18.9 Å². The monoisotopic (exact) mass is 341 g/mol. The van der Waals surface area contributed by atoms with Gasteiger partial charge in [0, 0.05) is 25.1 Å². The number of fused-ring (bicyclic) bond motifs is 1. The molecule has 2 atom stereocenters. The molecular formula is C15H20BrNO3. The molecule has 0 bridgehead atoms. The molecular weight excluding hydrogens is 322 g/mol. The maximum Gasteiger partial charge on any atom is 0.231 e. The van der Waals surface area contributed by atoms with Gasteiger partial charge in [0.1, 0.15) is 0 Å². The molecule has 1 aliphatic carbocycles. The SMILES string of the molecule is COC1CC(NCc2cc(Br)c3c(c2)OCO3)C1(C)C. The summed E-state index contributed by atoms with van der Waals surface area (Å²) in [6, 6.07) is 4.61. The van der Waals surface area contributed by atoms with E-state index in [4.69, 9.17) is 14.2 Å². The maximum absolute atomic E-state index is 5.48. The summed E-state index contributed by atoms with van der Waals surface area (Å²) in [6.07, 6.45) is 1.42. The zero-order valence-electron chi connectivity index (χ0n) is 12.0. The number of hydrogen-bond donors (Lipinski definition) is 1. The number of hydrogen-bond acceptors (Lipinski definition) is 4. The van der Waals surface area contributed by atoms with Gasteiger partial charge in [-0.2, -0.15) is 0 Å². The van der Waals surface area contributed by atoms with E-state index in [-0.39, 0.29) is 5.41 Å². The molecule has 2 aliphatic rings. The fourth-order valence-electron chi connectivity index (χ4n) is 3.00. The number of ether oxygens (including phenoxy) is 3. The lowest BCUT2D eigenvalue weighted by atomic mass is 9.64. The molecule has 110 valence electrons. The lowest BCUT2D eigenvalue weighted by Gasteiger charge is -2.51. The molecule has 3 rings (SSSR count). The predicted octanol–water partition coefficient (Wildman–Crippen LogP) is 3.08. The lowest BCUT2D eigenvalue weighted by Crippen LogP contribution is -2.60. The van der Waals surface area contributed by atoms with Crippen molar-refractivity contribution >= 4 is 15.9 Å². The van der Waals surface area contributed by atoms with Crippen molar-refractivity contribution in [1.29, 1.82) is 0 Å². The van der Waals surface area contributed by atoms with Gasteiger partial charge in [0.05, 0.1) is 10.6 Å². The summed E-state index contributed by atoms with van der Waals surface area (Å²) in [7, 11) is 1.79. The van der Waals surface area contributed by atoms with Crippen molar-refractivity contribution in [2.75, 3.05) is 13.9 Å². The zero-order chi connectivity index (χ0) is 14.3. The van der Waals surface area contributed by atoms with Crippen LogP contribution in [-0.2, 0) is 11.3 Å². The first-order valence-electron chi connectivity index (χ1n) is 6.86. The minimum absolute atomic E-state index is 0.183. The average molecular weight is 342 g/mol. The van der Waals surface area contributed by atoms with Crippen molar-refractivity contribution < 1.29 is 14.2 Å². The molecule has 1 heterocycles. The van der Waals surface area contributed by atoms with Gasteiger partial charge >= 0.3 is 0 Å². The van der Waals surface area contributed by atoms with E-state index in [9.17, 15) is 0 Å². The molecule has 4 nitrogen and oxygen atoms in total. The summed E-state index contributed by atoms with van der Waals surface area (Å²) in [5.74, 6) is 1.62. The molecule has 1 saturated carbocycles. The fraction of sp³-hybridized carbons (Fsp3) is 0.600. The zero-order valence-corrected chi connectivity index (χ0v) is 13.6. The Morgan fingerprint density at radius 3 is 2.90 bits per heavy atom. The number of methoxy groups -OCH3 is 1. The van der Waals surface area contributed by atoms with Gasteiger partial charge in [-0.3, -0.25) is 0 Å². The van der Waals surface area contributed by atoms with E-state index in [0.717, 1.165) is 28.9 Å². The molecule has 5 heteroatoms. The van der Waals surface area contributed by atoms with Crippen LogP contribution in [0.4, 0.5) is 0 Å². The summed E-state index contributed by atoms with van der Waals surface area (Å²) in [6.45, 7) is 5.62. The summed E-state index contributed by atoms with van der Waals surface area (Å²) in [4.78, 5) is 0. The molecule has 1 aliphatic heterocycles. The van der Waals surface area contributed by atoms with Gasteiger partial charge < -0.3 is 19.5 Å².